The summed E-state index contributed by atoms with van der Waals surface area (Å²) in [7, 11) is 3.67. The molecule has 0 aliphatic carbocycles. The first kappa shape index (κ1) is 13.2. The van der Waals surface area contributed by atoms with Crippen molar-refractivity contribution in [2.45, 2.75) is 45.3 Å². The zero-order valence-electron chi connectivity index (χ0n) is 10.9. The molecule has 1 heterocycles. The summed E-state index contributed by atoms with van der Waals surface area (Å²) >= 11 is 0. The van der Waals surface area contributed by atoms with Crippen LogP contribution < -0.4 is 5.73 Å². The van der Waals surface area contributed by atoms with Crippen LogP contribution in [-0.4, -0.2) is 22.5 Å². The van der Waals surface area contributed by atoms with Crippen molar-refractivity contribution in [3.63, 3.8) is 0 Å². The van der Waals surface area contributed by atoms with E-state index in [0.29, 0.717) is 0 Å². The van der Waals surface area contributed by atoms with E-state index in [4.69, 9.17) is 10.5 Å². The van der Waals surface area contributed by atoms with Crippen molar-refractivity contribution < 1.29 is 4.74 Å². The van der Waals surface area contributed by atoms with Crippen LogP contribution in [0.15, 0.2) is 6.20 Å². The fraction of sp³-hybridized carbons (Fsp3) is 0.750. The first-order chi connectivity index (χ1) is 7.37. The number of ether oxygens (including phenoxy) is 1. The zero-order valence-corrected chi connectivity index (χ0v) is 10.9. The summed E-state index contributed by atoms with van der Waals surface area (Å²) in [6, 6.07) is 0.0446. The van der Waals surface area contributed by atoms with Gasteiger partial charge in [0.05, 0.1) is 11.8 Å². The molecule has 1 atom stereocenters. The topological polar surface area (TPSA) is 53.1 Å². The molecule has 0 spiro atoms. The van der Waals surface area contributed by atoms with E-state index < -0.39 is 0 Å². The number of rotatable bonds is 5. The molecule has 4 nitrogen and oxygen atoms in total. The quantitative estimate of drug-likeness (QED) is 0.833. The molecule has 1 unspecified atom stereocenters. The summed E-state index contributed by atoms with van der Waals surface area (Å²) in [6.45, 7) is 6.20. The van der Waals surface area contributed by atoms with Crippen LogP contribution in [0.25, 0.3) is 0 Å². The molecule has 0 amide bonds. The highest BCUT2D eigenvalue weighted by molar-refractivity contribution is 5.19. The predicted molar refractivity (Wildman–Crippen MR) is 65.2 cm³/mol. The highest BCUT2D eigenvalue weighted by Crippen LogP contribution is 2.24. The second-order valence-electron chi connectivity index (χ2n) is 4.92. The van der Waals surface area contributed by atoms with E-state index in [2.05, 4.69) is 18.9 Å². The molecule has 1 aromatic heterocycles. The van der Waals surface area contributed by atoms with Crippen LogP contribution in [0.4, 0.5) is 0 Å². The van der Waals surface area contributed by atoms with Gasteiger partial charge in [-0.15, -0.1) is 0 Å². The van der Waals surface area contributed by atoms with E-state index >= 15 is 0 Å². The lowest BCUT2D eigenvalue weighted by atomic mass is 9.96. The molecule has 4 heteroatoms. The maximum absolute atomic E-state index is 6.16. The van der Waals surface area contributed by atoms with Gasteiger partial charge >= 0.3 is 0 Å². The molecule has 0 aliphatic heterocycles. The Labute approximate surface area is 97.8 Å². The van der Waals surface area contributed by atoms with E-state index in [-0.39, 0.29) is 11.6 Å². The Hall–Kier alpha value is -0.870. The van der Waals surface area contributed by atoms with Crippen molar-refractivity contribution in [3.8, 4) is 0 Å². The van der Waals surface area contributed by atoms with E-state index in [1.54, 1.807) is 7.11 Å². The van der Waals surface area contributed by atoms with Crippen molar-refractivity contribution in [1.29, 1.82) is 0 Å². The Morgan fingerprint density at radius 2 is 2.19 bits per heavy atom. The molecule has 0 saturated carbocycles. The maximum atomic E-state index is 6.16. The molecule has 1 aromatic rings. The molecular weight excluding hydrogens is 202 g/mol. The minimum Gasteiger partial charge on any atom is -0.379 e. The molecule has 0 saturated heterocycles. The van der Waals surface area contributed by atoms with Gasteiger partial charge in [-0.25, -0.2) is 0 Å². The number of hydrogen-bond donors (Lipinski definition) is 1. The minimum absolute atomic E-state index is 0.0446. The van der Waals surface area contributed by atoms with Crippen LogP contribution >= 0.6 is 0 Å². The van der Waals surface area contributed by atoms with Crippen LogP contribution in [0, 0.1) is 6.92 Å². The van der Waals surface area contributed by atoms with Crippen LogP contribution in [0.5, 0.6) is 0 Å². The first-order valence-corrected chi connectivity index (χ1v) is 5.66. The highest BCUT2D eigenvalue weighted by Gasteiger charge is 2.20. The third kappa shape index (κ3) is 3.06. The number of hydrogen-bond acceptors (Lipinski definition) is 3. The van der Waals surface area contributed by atoms with Gasteiger partial charge in [0.1, 0.15) is 0 Å². The van der Waals surface area contributed by atoms with Crippen LogP contribution in [0.3, 0.4) is 0 Å². The van der Waals surface area contributed by atoms with Crippen molar-refractivity contribution in [2.75, 3.05) is 7.11 Å². The SMILES string of the molecule is COC(C)(C)CCC(N)c1cnn(C)c1C. The molecule has 0 bridgehead atoms. The van der Waals surface area contributed by atoms with Gasteiger partial charge in [-0.3, -0.25) is 4.68 Å². The van der Waals surface area contributed by atoms with E-state index in [9.17, 15) is 0 Å². The summed E-state index contributed by atoms with van der Waals surface area (Å²) in [5.74, 6) is 0. The minimum atomic E-state index is -0.103. The predicted octanol–water partition coefficient (Wildman–Crippen LogP) is 1.93. The average Bonchev–Trinajstić information content (AvgIpc) is 2.57. The Kier molecular flexibility index (Phi) is 4.10. The second-order valence-corrected chi connectivity index (χ2v) is 4.92. The molecule has 1 rings (SSSR count). The standard InChI is InChI=1S/C12H23N3O/c1-9-10(8-14-15(9)4)11(13)6-7-12(2,3)16-5/h8,11H,6-7,13H2,1-5H3. The zero-order chi connectivity index (χ0) is 12.3. The smallest absolute Gasteiger partial charge is 0.0623 e. The normalized spacial score (nSPS) is 14.1. The van der Waals surface area contributed by atoms with Gasteiger partial charge < -0.3 is 10.5 Å². The summed E-state index contributed by atoms with van der Waals surface area (Å²) in [6.07, 6.45) is 3.71. The van der Waals surface area contributed by atoms with Gasteiger partial charge in [-0.05, 0) is 33.6 Å². The third-order valence-corrected chi connectivity index (χ3v) is 3.28. The summed E-state index contributed by atoms with van der Waals surface area (Å²) in [4.78, 5) is 0. The van der Waals surface area contributed by atoms with E-state index in [1.165, 1.54) is 0 Å². The summed E-state index contributed by atoms with van der Waals surface area (Å²) in [5, 5.41) is 4.21. The van der Waals surface area contributed by atoms with Crippen molar-refractivity contribution >= 4 is 0 Å². The van der Waals surface area contributed by atoms with Gasteiger partial charge in [0, 0.05) is 31.5 Å². The van der Waals surface area contributed by atoms with Crippen LogP contribution in [0.1, 0.15) is 44.0 Å². The third-order valence-electron chi connectivity index (χ3n) is 3.28. The molecule has 0 aromatic carbocycles. The van der Waals surface area contributed by atoms with Crippen molar-refractivity contribution in [1.82, 2.24) is 9.78 Å². The molecule has 0 aliphatic rings. The van der Waals surface area contributed by atoms with Crippen molar-refractivity contribution in [2.24, 2.45) is 12.8 Å². The molecule has 2 N–H and O–H groups in total. The lowest BCUT2D eigenvalue weighted by Gasteiger charge is -2.24. The van der Waals surface area contributed by atoms with Crippen molar-refractivity contribution in [3.05, 3.63) is 17.5 Å². The maximum Gasteiger partial charge on any atom is 0.0623 e. The number of methoxy groups -OCH3 is 1. The molecule has 0 fully saturated rings. The van der Waals surface area contributed by atoms with Gasteiger partial charge in [0.25, 0.3) is 0 Å². The number of aryl methyl sites for hydroxylation is 1. The Bertz CT molecular complexity index is 344. The average molecular weight is 225 g/mol. The van der Waals surface area contributed by atoms with Crippen LogP contribution in [0.2, 0.25) is 0 Å². The summed E-state index contributed by atoms with van der Waals surface area (Å²) < 4.78 is 7.24. The Balaban J connectivity index is 2.60. The largest absolute Gasteiger partial charge is 0.379 e. The lowest BCUT2D eigenvalue weighted by Crippen LogP contribution is -2.24. The van der Waals surface area contributed by atoms with Gasteiger partial charge in [0.2, 0.25) is 0 Å². The fourth-order valence-corrected chi connectivity index (χ4v) is 1.64. The second kappa shape index (κ2) is 4.97. The fourth-order valence-electron chi connectivity index (χ4n) is 1.64. The van der Waals surface area contributed by atoms with Crippen LogP contribution in [-0.2, 0) is 11.8 Å². The lowest BCUT2D eigenvalue weighted by molar-refractivity contribution is 0.0125. The first-order valence-electron chi connectivity index (χ1n) is 5.66. The summed E-state index contributed by atoms with van der Waals surface area (Å²) in [5.41, 5.74) is 8.33. The Morgan fingerprint density at radius 3 is 2.62 bits per heavy atom. The Morgan fingerprint density at radius 1 is 1.56 bits per heavy atom. The van der Waals surface area contributed by atoms with Gasteiger partial charge in [-0.2, -0.15) is 5.10 Å². The molecular formula is C12H23N3O. The number of nitrogens with zero attached hydrogens (tertiary/aromatic N) is 2. The van der Waals surface area contributed by atoms with Gasteiger partial charge in [-0.1, -0.05) is 0 Å². The molecule has 16 heavy (non-hydrogen) atoms. The molecule has 0 radical (unpaired) electrons. The van der Waals surface area contributed by atoms with Gasteiger partial charge in [0.15, 0.2) is 0 Å². The molecule has 92 valence electrons. The monoisotopic (exact) mass is 225 g/mol. The number of aromatic nitrogens is 2. The highest BCUT2D eigenvalue weighted by atomic mass is 16.5. The number of nitrogens with two attached hydrogens (primary N) is 1. The van der Waals surface area contributed by atoms with E-state index in [0.717, 1.165) is 24.1 Å². The van der Waals surface area contributed by atoms with E-state index in [1.807, 2.05) is 24.9 Å².